The summed E-state index contributed by atoms with van der Waals surface area (Å²) in [7, 11) is 0. The Kier molecular flexibility index (Phi) is 7.51. The first-order chi connectivity index (χ1) is 26.6. The van der Waals surface area contributed by atoms with Crippen LogP contribution >= 0.6 is 0 Å². The van der Waals surface area contributed by atoms with Crippen molar-refractivity contribution in [2.24, 2.45) is 0 Å². The van der Waals surface area contributed by atoms with Crippen molar-refractivity contribution in [3.05, 3.63) is 193 Å². The maximum absolute atomic E-state index is 5.42. The van der Waals surface area contributed by atoms with E-state index in [4.69, 9.17) is 9.97 Å². The molecule has 1 unspecified atom stereocenters. The van der Waals surface area contributed by atoms with Gasteiger partial charge in [-0.15, -0.1) is 0 Å². The molecule has 0 bridgehead atoms. The summed E-state index contributed by atoms with van der Waals surface area (Å²) in [6, 6.07) is 48.1. The summed E-state index contributed by atoms with van der Waals surface area (Å²) >= 11 is 0. The maximum Gasteiger partial charge on any atom is 0.138 e. The molecule has 4 heterocycles. The van der Waals surface area contributed by atoms with Crippen LogP contribution in [0.1, 0.15) is 47.3 Å². The lowest BCUT2D eigenvalue weighted by Gasteiger charge is -2.20. The molecule has 1 atom stereocenters. The predicted molar refractivity (Wildman–Crippen MR) is 227 cm³/mol. The molecule has 258 valence electrons. The molecule has 1 aliphatic carbocycles. The van der Waals surface area contributed by atoms with Crippen LogP contribution in [0.15, 0.2) is 164 Å². The second-order valence-corrected chi connectivity index (χ2v) is 14.4. The highest BCUT2D eigenvalue weighted by atomic mass is 15.1. The molecule has 0 radical (unpaired) electrons. The number of pyridine rings is 2. The average molecular weight is 695 g/mol. The number of allylic oxidation sites excluding steroid dienone is 3. The molecule has 5 aromatic carbocycles. The standard InChI is InChI=1S/C50H38N4/c1-4-13-37(49-32(2)15-12-29-51-49)34-23-25-35(26-24-34)42-31-48(54-46-21-9-5-16-38(46)39-17-6-10-22-47(39)54)52-44-28-27-36(30-43(42)44)53-45-20-8-7-18-40(45)41-19-11-14-33(3)50(41)53/h4-13,15-31,33H,1,14H2,2-3H3/b37-13-. The Labute approximate surface area is 314 Å². The van der Waals surface area contributed by atoms with Gasteiger partial charge < -0.3 is 4.57 Å². The van der Waals surface area contributed by atoms with Crippen LogP contribution in [-0.4, -0.2) is 19.1 Å². The van der Waals surface area contributed by atoms with Crippen molar-refractivity contribution in [3.8, 4) is 22.6 Å². The van der Waals surface area contributed by atoms with Crippen LogP contribution in [0.3, 0.4) is 0 Å². The van der Waals surface area contributed by atoms with Crippen LogP contribution in [0.2, 0.25) is 0 Å². The number of hydrogen-bond donors (Lipinski definition) is 0. The third-order valence-electron chi connectivity index (χ3n) is 11.1. The Morgan fingerprint density at radius 1 is 0.722 bits per heavy atom. The van der Waals surface area contributed by atoms with E-state index in [0.717, 1.165) is 73.4 Å². The van der Waals surface area contributed by atoms with Gasteiger partial charge in [0.05, 0.1) is 27.8 Å². The Balaban J connectivity index is 1.22. The fraction of sp³-hybridized carbons (Fsp3) is 0.0800. The summed E-state index contributed by atoms with van der Waals surface area (Å²) in [5.74, 6) is 1.29. The van der Waals surface area contributed by atoms with Gasteiger partial charge in [-0.3, -0.25) is 9.55 Å². The lowest BCUT2D eigenvalue weighted by Crippen LogP contribution is -2.07. The van der Waals surface area contributed by atoms with Crippen LogP contribution in [0.5, 0.6) is 0 Å². The zero-order valence-electron chi connectivity index (χ0n) is 30.4. The van der Waals surface area contributed by atoms with E-state index in [9.17, 15) is 0 Å². The molecule has 0 N–H and O–H groups in total. The van der Waals surface area contributed by atoms with E-state index in [1.807, 2.05) is 18.3 Å². The lowest BCUT2D eigenvalue weighted by atomic mass is 9.93. The first kappa shape index (κ1) is 31.9. The van der Waals surface area contributed by atoms with Gasteiger partial charge in [-0.1, -0.05) is 123 Å². The molecule has 54 heavy (non-hydrogen) atoms. The van der Waals surface area contributed by atoms with Crippen molar-refractivity contribution in [1.29, 1.82) is 0 Å². The predicted octanol–water partition coefficient (Wildman–Crippen LogP) is 12.8. The zero-order chi connectivity index (χ0) is 36.3. The van der Waals surface area contributed by atoms with Gasteiger partial charge in [-0.2, -0.15) is 0 Å². The maximum atomic E-state index is 5.42. The molecule has 4 aromatic heterocycles. The van der Waals surface area contributed by atoms with E-state index in [1.54, 1.807) is 0 Å². The minimum atomic E-state index is 0.400. The van der Waals surface area contributed by atoms with Crippen LogP contribution in [0.25, 0.3) is 77.9 Å². The van der Waals surface area contributed by atoms with Crippen molar-refractivity contribution < 1.29 is 0 Å². The molecule has 1 aliphatic rings. The highest BCUT2D eigenvalue weighted by molar-refractivity contribution is 6.09. The second kappa shape index (κ2) is 12.7. The van der Waals surface area contributed by atoms with Crippen molar-refractivity contribution >= 4 is 55.3 Å². The first-order valence-electron chi connectivity index (χ1n) is 18.7. The van der Waals surface area contributed by atoms with E-state index in [1.165, 1.54) is 32.9 Å². The summed E-state index contributed by atoms with van der Waals surface area (Å²) < 4.78 is 4.79. The topological polar surface area (TPSA) is 35.6 Å². The minimum absolute atomic E-state index is 0.400. The Hall–Kier alpha value is -6.78. The molecular formula is C50H38N4. The molecule has 0 saturated carbocycles. The van der Waals surface area contributed by atoms with E-state index in [0.29, 0.717) is 5.92 Å². The fourth-order valence-corrected chi connectivity index (χ4v) is 8.61. The van der Waals surface area contributed by atoms with Gasteiger partial charge >= 0.3 is 0 Å². The van der Waals surface area contributed by atoms with Crippen LogP contribution in [0.4, 0.5) is 0 Å². The van der Waals surface area contributed by atoms with Crippen LogP contribution < -0.4 is 0 Å². The van der Waals surface area contributed by atoms with Gasteiger partial charge in [-0.25, -0.2) is 4.98 Å². The summed E-state index contributed by atoms with van der Waals surface area (Å²) in [6.45, 7) is 8.46. The van der Waals surface area contributed by atoms with Gasteiger partial charge in [0.15, 0.2) is 0 Å². The number of fused-ring (bicyclic) bond motifs is 7. The number of aromatic nitrogens is 4. The summed E-state index contributed by atoms with van der Waals surface area (Å²) in [4.78, 5) is 10.2. The number of nitrogens with zero attached hydrogens (tertiary/aromatic N) is 4. The van der Waals surface area contributed by atoms with E-state index >= 15 is 0 Å². The SMILES string of the molecule is C=C/C=C(/c1ccc(-c2cc(-n3c4ccccc4c4ccccc43)nc3ccc(-n4c5c(c6ccccc64)C=CCC5C)cc23)cc1)c1ncccc1C. The van der Waals surface area contributed by atoms with Gasteiger partial charge in [0.25, 0.3) is 0 Å². The first-order valence-corrected chi connectivity index (χ1v) is 18.7. The number of benzene rings is 5. The minimum Gasteiger partial charge on any atom is -0.313 e. The molecule has 0 fully saturated rings. The summed E-state index contributed by atoms with van der Waals surface area (Å²) in [5, 5.41) is 4.83. The van der Waals surface area contributed by atoms with Gasteiger partial charge in [0.2, 0.25) is 0 Å². The van der Waals surface area contributed by atoms with Gasteiger partial charge in [0.1, 0.15) is 5.82 Å². The molecule has 0 aliphatic heterocycles. The normalized spacial score (nSPS) is 14.3. The molecule has 4 heteroatoms. The molecule has 0 spiro atoms. The summed E-state index contributed by atoms with van der Waals surface area (Å²) in [5.41, 5.74) is 14.8. The number of para-hydroxylation sites is 3. The smallest absolute Gasteiger partial charge is 0.138 e. The Bertz CT molecular complexity index is 2950. The monoisotopic (exact) mass is 694 g/mol. The molecule has 4 nitrogen and oxygen atoms in total. The number of hydrogen-bond acceptors (Lipinski definition) is 2. The van der Waals surface area contributed by atoms with E-state index in [2.05, 4.69) is 175 Å². The largest absolute Gasteiger partial charge is 0.313 e. The summed E-state index contributed by atoms with van der Waals surface area (Å²) in [6.07, 6.45) is 11.4. The van der Waals surface area contributed by atoms with E-state index < -0.39 is 0 Å². The molecule has 0 saturated heterocycles. The molecule has 0 amide bonds. The number of aryl methyl sites for hydroxylation is 1. The highest BCUT2D eigenvalue weighted by Crippen LogP contribution is 2.41. The van der Waals surface area contributed by atoms with Crippen LogP contribution in [0, 0.1) is 6.92 Å². The third-order valence-corrected chi connectivity index (χ3v) is 11.1. The fourth-order valence-electron chi connectivity index (χ4n) is 8.61. The molecular weight excluding hydrogens is 657 g/mol. The van der Waals surface area contributed by atoms with E-state index in [-0.39, 0.29) is 0 Å². The van der Waals surface area contributed by atoms with Crippen LogP contribution in [-0.2, 0) is 0 Å². The zero-order valence-corrected chi connectivity index (χ0v) is 30.4. The third kappa shape index (κ3) is 4.98. The van der Waals surface area contributed by atoms with Crippen molar-refractivity contribution in [1.82, 2.24) is 19.1 Å². The van der Waals surface area contributed by atoms with Crippen molar-refractivity contribution in [2.45, 2.75) is 26.2 Å². The molecule has 10 rings (SSSR count). The average Bonchev–Trinajstić information content (AvgIpc) is 3.74. The quantitative estimate of drug-likeness (QED) is 0.162. The van der Waals surface area contributed by atoms with Crippen molar-refractivity contribution in [2.75, 3.05) is 0 Å². The van der Waals surface area contributed by atoms with Crippen molar-refractivity contribution in [3.63, 3.8) is 0 Å². The highest BCUT2D eigenvalue weighted by Gasteiger charge is 2.24. The lowest BCUT2D eigenvalue weighted by molar-refractivity contribution is 0.723. The van der Waals surface area contributed by atoms with Gasteiger partial charge in [0, 0.05) is 56.2 Å². The Morgan fingerprint density at radius 2 is 1.41 bits per heavy atom. The molecule has 9 aromatic rings. The Morgan fingerprint density at radius 3 is 2.11 bits per heavy atom. The number of rotatable bonds is 6. The van der Waals surface area contributed by atoms with Gasteiger partial charge in [-0.05, 0) is 84.1 Å². The second-order valence-electron chi connectivity index (χ2n) is 14.4.